The molecule has 2 heteroatoms. The van der Waals surface area contributed by atoms with Crippen LogP contribution in [0.3, 0.4) is 0 Å². The molecule has 1 atom stereocenters. The van der Waals surface area contributed by atoms with Gasteiger partial charge in [0.15, 0.2) is 0 Å². The maximum absolute atomic E-state index is 6.02. The van der Waals surface area contributed by atoms with Gasteiger partial charge in [0.25, 0.3) is 0 Å². The molecule has 1 rings (SSSR count). The molecule has 0 aliphatic rings. The van der Waals surface area contributed by atoms with Gasteiger partial charge in [0.1, 0.15) is 0 Å². The fourth-order valence-electron chi connectivity index (χ4n) is 1.26. The minimum atomic E-state index is 0.170. The van der Waals surface area contributed by atoms with E-state index in [0.29, 0.717) is 0 Å². The molecule has 72 valence electrons. The molecular weight excluding hydrogens is 160 g/mol. The molecule has 0 heterocycles. The summed E-state index contributed by atoms with van der Waals surface area (Å²) in [5, 5.41) is 0. The predicted molar refractivity (Wildman–Crippen MR) is 56.5 cm³/mol. The van der Waals surface area contributed by atoms with E-state index in [1.54, 1.807) is 0 Å². The van der Waals surface area contributed by atoms with Gasteiger partial charge in [-0.15, -0.1) is 0 Å². The molecule has 2 nitrogen and oxygen atoms in total. The summed E-state index contributed by atoms with van der Waals surface area (Å²) in [4.78, 5) is 2.16. The van der Waals surface area contributed by atoms with Crippen LogP contribution in [0.5, 0.6) is 0 Å². The van der Waals surface area contributed by atoms with Crippen LogP contribution >= 0.6 is 0 Å². The predicted octanol–water partition coefficient (Wildman–Crippen LogP) is 1.64. The fourth-order valence-corrected chi connectivity index (χ4v) is 1.26. The SMILES string of the molecule is CN(C)CC[C@H](N)c1ccccc1. The minimum Gasteiger partial charge on any atom is -0.324 e. The van der Waals surface area contributed by atoms with Crippen LogP contribution in [0.1, 0.15) is 18.0 Å². The van der Waals surface area contributed by atoms with E-state index in [0.717, 1.165) is 13.0 Å². The first-order valence-electron chi connectivity index (χ1n) is 4.65. The van der Waals surface area contributed by atoms with Gasteiger partial charge in [-0.2, -0.15) is 0 Å². The highest BCUT2D eigenvalue weighted by molar-refractivity contribution is 5.18. The van der Waals surface area contributed by atoms with Crippen molar-refractivity contribution in [3.8, 4) is 0 Å². The van der Waals surface area contributed by atoms with Gasteiger partial charge in [-0.25, -0.2) is 0 Å². The summed E-state index contributed by atoms with van der Waals surface area (Å²) in [6, 6.07) is 10.4. The standard InChI is InChI=1S/C11H18N2/c1-13(2)9-8-11(12)10-6-4-3-5-7-10/h3-7,11H,8-9,12H2,1-2H3/t11-/m0/s1. The van der Waals surface area contributed by atoms with Crippen LogP contribution in [-0.2, 0) is 0 Å². The van der Waals surface area contributed by atoms with Gasteiger partial charge in [0.2, 0.25) is 0 Å². The molecule has 0 saturated carbocycles. The van der Waals surface area contributed by atoms with Crippen LogP contribution in [0.4, 0.5) is 0 Å². The second kappa shape index (κ2) is 5.00. The van der Waals surface area contributed by atoms with Crippen molar-refractivity contribution in [1.82, 2.24) is 4.90 Å². The van der Waals surface area contributed by atoms with E-state index < -0.39 is 0 Å². The lowest BCUT2D eigenvalue weighted by molar-refractivity contribution is 0.382. The van der Waals surface area contributed by atoms with E-state index >= 15 is 0 Å². The lowest BCUT2D eigenvalue weighted by Crippen LogP contribution is -2.19. The van der Waals surface area contributed by atoms with Crippen molar-refractivity contribution in [2.75, 3.05) is 20.6 Å². The van der Waals surface area contributed by atoms with Crippen LogP contribution in [0, 0.1) is 0 Å². The summed E-state index contributed by atoms with van der Waals surface area (Å²) in [5.41, 5.74) is 7.24. The Labute approximate surface area is 80.4 Å². The van der Waals surface area contributed by atoms with E-state index in [1.807, 2.05) is 18.2 Å². The van der Waals surface area contributed by atoms with Crippen LogP contribution < -0.4 is 5.73 Å². The van der Waals surface area contributed by atoms with E-state index in [9.17, 15) is 0 Å². The average molecular weight is 178 g/mol. The quantitative estimate of drug-likeness (QED) is 0.759. The third-order valence-electron chi connectivity index (χ3n) is 2.12. The highest BCUT2D eigenvalue weighted by atomic mass is 15.0. The Morgan fingerprint density at radius 2 is 1.85 bits per heavy atom. The van der Waals surface area contributed by atoms with Gasteiger partial charge in [-0.3, -0.25) is 0 Å². The summed E-state index contributed by atoms with van der Waals surface area (Å²) < 4.78 is 0. The molecule has 1 aromatic rings. The van der Waals surface area contributed by atoms with Gasteiger partial charge in [0, 0.05) is 6.04 Å². The monoisotopic (exact) mass is 178 g/mol. The first-order chi connectivity index (χ1) is 6.20. The molecule has 1 aromatic carbocycles. The first kappa shape index (κ1) is 10.2. The molecule has 0 aliphatic carbocycles. The molecular formula is C11H18N2. The zero-order valence-corrected chi connectivity index (χ0v) is 8.40. The average Bonchev–Trinajstić information content (AvgIpc) is 2.15. The Kier molecular flexibility index (Phi) is 3.93. The minimum absolute atomic E-state index is 0.170. The number of benzene rings is 1. The van der Waals surface area contributed by atoms with Gasteiger partial charge in [-0.05, 0) is 32.6 Å². The van der Waals surface area contributed by atoms with E-state index in [2.05, 4.69) is 31.1 Å². The number of nitrogens with two attached hydrogens (primary N) is 1. The van der Waals surface area contributed by atoms with Crippen LogP contribution in [-0.4, -0.2) is 25.5 Å². The van der Waals surface area contributed by atoms with Crippen LogP contribution in [0.2, 0.25) is 0 Å². The summed E-state index contributed by atoms with van der Waals surface area (Å²) in [5.74, 6) is 0. The number of rotatable bonds is 4. The lowest BCUT2D eigenvalue weighted by atomic mass is 10.1. The van der Waals surface area contributed by atoms with Crippen molar-refractivity contribution in [3.63, 3.8) is 0 Å². The molecule has 0 aromatic heterocycles. The summed E-state index contributed by atoms with van der Waals surface area (Å²) >= 11 is 0. The zero-order chi connectivity index (χ0) is 9.68. The number of hydrogen-bond acceptors (Lipinski definition) is 2. The number of nitrogens with zero attached hydrogens (tertiary/aromatic N) is 1. The van der Waals surface area contributed by atoms with E-state index in [-0.39, 0.29) is 6.04 Å². The topological polar surface area (TPSA) is 29.3 Å². The van der Waals surface area contributed by atoms with Crippen LogP contribution in [0.15, 0.2) is 30.3 Å². The largest absolute Gasteiger partial charge is 0.324 e. The van der Waals surface area contributed by atoms with Crippen molar-refractivity contribution >= 4 is 0 Å². The second-order valence-corrected chi connectivity index (χ2v) is 3.61. The van der Waals surface area contributed by atoms with Crippen molar-refractivity contribution in [1.29, 1.82) is 0 Å². The Morgan fingerprint density at radius 3 is 2.38 bits per heavy atom. The Morgan fingerprint density at radius 1 is 1.23 bits per heavy atom. The Bertz CT molecular complexity index is 231. The van der Waals surface area contributed by atoms with Crippen molar-refractivity contribution in [2.24, 2.45) is 5.73 Å². The zero-order valence-electron chi connectivity index (χ0n) is 8.40. The second-order valence-electron chi connectivity index (χ2n) is 3.61. The van der Waals surface area contributed by atoms with E-state index in [1.165, 1.54) is 5.56 Å². The van der Waals surface area contributed by atoms with E-state index in [4.69, 9.17) is 5.73 Å². The fraction of sp³-hybridized carbons (Fsp3) is 0.455. The molecule has 0 unspecified atom stereocenters. The molecule has 0 spiro atoms. The normalized spacial score (nSPS) is 13.2. The van der Waals surface area contributed by atoms with Crippen molar-refractivity contribution in [2.45, 2.75) is 12.5 Å². The summed E-state index contributed by atoms with van der Waals surface area (Å²) in [6.07, 6.45) is 1.01. The first-order valence-corrected chi connectivity index (χ1v) is 4.65. The van der Waals surface area contributed by atoms with Crippen LogP contribution in [0.25, 0.3) is 0 Å². The van der Waals surface area contributed by atoms with Crippen molar-refractivity contribution < 1.29 is 0 Å². The Balaban J connectivity index is 2.44. The third kappa shape index (κ3) is 3.57. The lowest BCUT2D eigenvalue weighted by Gasteiger charge is -2.15. The molecule has 0 amide bonds. The molecule has 13 heavy (non-hydrogen) atoms. The van der Waals surface area contributed by atoms with Gasteiger partial charge < -0.3 is 10.6 Å². The smallest absolute Gasteiger partial charge is 0.0307 e. The summed E-state index contributed by atoms with van der Waals surface area (Å²) in [7, 11) is 4.13. The summed E-state index contributed by atoms with van der Waals surface area (Å²) in [6.45, 7) is 1.04. The molecule has 0 fully saturated rings. The molecule has 0 saturated heterocycles. The molecule has 2 N–H and O–H groups in total. The molecule has 0 bridgehead atoms. The van der Waals surface area contributed by atoms with Gasteiger partial charge in [-0.1, -0.05) is 30.3 Å². The third-order valence-corrected chi connectivity index (χ3v) is 2.12. The maximum atomic E-state index is 6.02. The highest BCUT2D eigenvalue weighted by Gasteiger charge is 2.04. The van der Waals surface area contributed by atoms with Gasteiger partial charge >= 0.3 is 0 Å². The maximum Gasteiger partial charge on any atom is 0.0307 e. The highest BCUT2D eigenvalue weighted by Crippen LogP contribution is 2.12. The van der Waals surface area contributed by atoms with Gasteiger partial charge in [0.05, 0.1) is 0 Å². The molecule has 0 radical (unpaired) electrons. The Hall–Kier alpha value is -0.860. The van der Waals surface area contributed by atoms with Crippen molar-refractivity contribution in [3.05, 3.63) is 35.9 Å². The number of hydrogen-bond donors (Lipinski definition) is 1. The molecule has 0 aliphatic heterocycles.